The van der Waals surface area contributed by atoms with Gasteiger partial charge in [0.1, 0.15) is 0 Å². The van der Waals surface area contributed by atoms with E-state index < -0.39 is 21.6 Å². The van der Waals surface area contributed by atoms with Crippen molar-refractivity contribution in [3.63, 3.8) is 0 Å². The van der Waals surface area contributed by atoms with Crippen LogP contribution in [0, 0.1) is 0 Å². The average molecular weight is 323 g/mol. The Morgan fingerprint density at radius 2 is 1.78 bits per heavy atom. The first kappa shape index (κ1) is 18.0. The van der Waals surface area contributed by atoms with Gasteiger partial charge in [-0.05, 0) is 10.8 Å². The molecule has 0 heterocycles. The summed E-state index contributed by atoms with van der Waals surface area (Å²) in [5.74, 6) is 2.30. The summed E-state index contributed by atoms with van der Waals surface area (Å²) in [7, 11) is 1.34. The SMILES string of the molecule is C=CCSS/C=C/CS(=O)/C=C\CS(=O)CC=C. The minimum atomic E-state index is -1.02. The standard InChI is InChI=1S/C12H18O2S4/c1-3-7-15-16-8-5-10-18(14)12-6-11-17(13)9-4-2/h3-6,8,12H,1-2,7,9-11H2/b8-5+,12-6-. The third-order valence-electron chi connectivity index (χ3n) is 1.50. The average Bonchev–Trinajstić information content (AvgIpc) is 2.34. The first-order valence-corrected chi connectivity index (χ1v) is 10.5. The highest BCUT2D eigenvalue weighted by atomic mass is 33.1. The minimum absolute atomic E-state index is 0.436. The lowest BCUT2D eigenvalue weighted by Gasteiger charge is -1.92. The summed E-state index contributed by atoms with van der Waals surface area (Å²) in [6.45, 7) is 7.14. The fourth-order valence-corrected chi connectivity index (χ4v) is 3.89. The molecule has 0 radical (unpaired) electrons. The second kappa shape index (κ2) is 13.4. The second-order valence-electron chi connectivity index (χ2n) is 3.02. The molecule has 0 aliphatic heterocycles. The van der Waals surface area contributed by atoms with Crippen LogP contribution < -0.4 is 0 Å². The molecule has 0 amide bonds. The normalized spacial score (nSPS) is 14.9. The van der Waals surface area contributed by atoms with E-state index in [1.165, 1.54) is 0 Å². The van der Waals surface area contributed by atoms with Crippen molar-refractivity contribution >= 4 is 43.2 Å². The predicted octanol–water partition coefficient (Wildman–Crippen LogP) is 3.26. The molecule has 18 heavy (non-hydrogen) atoms. The molecule has 0 aromatic carbocycles. The molecule has 0 N–H and O–H groups in total. The van der Waals surface area contributed by atoms with Gasteiger partial charge in [0.25, 0.3) is 0 Å². The Labute approximate surface area is 122 Å². The van der Waals surface area contributed by atoms with E-state index in [0.29, 0.717) is 17.3 Å². The molecule has 0 bridgehead atoms. The molecule has 2 atom stereocenters. The zero-order valence-electron chi connectivity index (χ0n) is 10.2. The van der Waals surface area contributed by atoms with Gasteiger partial charge in [0.15, 0.2) is 0 Å². The van der Waals surface area contributed by atoms with Crippen LogP contribution in [0.1, 0.15) is 0 Å². The third kappa shape index (κ3) is 12.4. The summed E-state index contributed by atoms with van der Waals surface area (Å²) >= 11 is 0. The summed E-state index contributed by atoms with van der Waals surface area (Å²) < 4.78 is 22.7. The van der Waals surface area contributed by atoms with Crippen LogP contribution in [0.5, 0.6) is 0 Å². The molecule has 2 unspecified atom stereocenters. The summed E-state index contributed by atoms with van der Waals surface area (Å²) in [4.78, 5) is 0. The molecule has 0 rings (SSSR count). The lowest BCUT2D eigenvalue weighted by atomic mass is 10.7. The van der Waals surface area contributed by atoms with Crippen LogP contribution in [0.4, 0.5) is 0 Å². The summed E-state index contributed by atoms with van der Waals surface area (Å²) in [6, 6.07) is 0. The zero-order valence-corrected chi connectivity index (χ0v) is 13.4. The Hall–Kier alpha value is -0.0400. The largest absolute Gasteiger partial charge is 0.259 e. The van der Waals surface area contributed by atoms with Gasteiger partial charge >= 0.3 is 0 Å². The molecule has 0 aromatic heterocycles. The number of hydrogen-bond acceptors (Lipinski definition) is 4. The van der Waals surface area contributed by atoms with Crippen molar-refractivity contribution < 1.29 is 8.42 Å². The molecule has 6 heteroatoms. The van der Waals surface area contributed by atoms with Crippen molar-refractivity contribution in [2.45, 2.75) is 0 Å². The van der Waals surface area contributed by atoms with E-state index in [2.05, 4.69) is 13.2 Å². The van der Waals surface area contributed by atoms with Gasteiger partial charge in [-0.1, -0.05) is 45.9 Å². The highest BCUT2D eigenvalue weighted by Crippen LogP contribution is 2.21. The molecule has 102 valence electrons. The smallest absolute Gasteiger partial charge is 0.0491 e. The molecule has 0 aliphatic rings. The summed E-state index contributed by atoms with van der Waals surface area (Å²) in [5.41, 5.74) is 0. The van der Waals surface area contributed by atoms with E-state index in [1.807, 2.05) is 17.6 Å². The maximum absolute atomic E-state index is 11.5. The molecular formula is C12H18O2S4. The Morgan fingerprint density at radius 1 is 1.00 bits per heavy atom. The van der Waals surface area contributed by atoms with Gasteiger partial charge in [-0.15, -0.1) is 13.2 Å². The zero-order chi connectivity index (χ0) is 13.6. The van der Waals surface area contributed by atoms with Crippen LogP contribution in [0.15, 0.2) is 48.3 Å². The van der Waals surface area contributed by atoms with E-state index in [-0.39, 0.29) is 0 Å². The van der Waals surface area contributed by atoms with Crippen LogP contribution >= 0.6 is 21.6 Å². The van der Waals surface area contributed by atoms with E-state index in [1.54, 1.807) is 39.1 Å². The van der Waals surface area contributed by atoms with E-state index in [4.69, 9.17) is 0 Å². The van der Waals surface area contributed by atoms with Gasteiger partial charge in [0, 0.05) is 44.6 Å². The van der Waals surface area contributed by atoms with Gasteiger partial charge in [0.05, 0.1) is 0 Å². The van der Waals surface area contributed by atoms with Crippen molar-refractivity contribution in [3.8, 4) is 0 Å². The summed E-state index contributed by atoms with van der Waals surface area (Å²) in [6.07, 6.45) is 7.06. The number of hydrogen-bond donors (Lipinski definition) is 0. The van der Waals surface area contributed by atoms with Crippen LogP contribution in [0.25, 0.3) is 0 Å². The molecule has 0 saturated heterocycles. The maximum atomic E-state index is 11.5. The van der Waals surface area contributed by atoms with Crippen LogP contribution in [0.3, 0.4) is 0 Å². The van der Waals surface area contributed by atoms with E-state index >= 15 is 0 Å². The Balaban J connectivity index is 3.69. The molecule has 2 nitrogen and oxygen atoms in total. The third-order valence-corrected chi connectivity index (χ3v) is 5.65. The van der Waals surface area contributed by atoms with Gasteiger partial charge in [-0.3, -0.25) is 8.42 Å². The van der Waals surface area contributed by atoms with Gasteiger partial charge in [-0.25, -0.2) is 0 Å². The quantitative estimate of drug-likeness (QED) is 0.332. The topological polar surface area (TPSA) is 34.1 Å². The lowest BCUT2D eigenvalue weighted by molar-refractivity contribution is 0.687. The van der Waals surface area contributed by atoms with Gasteiger partial charge < -0.3 is 0 Å². The molecule has 0 aromatic rings. The Bertz CT molecular complexity index is 348. The Morgan fingerprint density at radius 3 is 2.44 bits per heavy atom. The van der Waals surface area contributed by atoms with Crippen molar-refractivity contribution in [2.75, 3.05) is 23.0 Å². The van der Waals surface area contributed by atoms with Crippen molar-refractivity contribution in [2.24, 2.45) is 0 Å². The molecule has 0 saturated carbocycles. The van der Waals surface area contributed by atoms with Crippen LogP contribution in [-0.4, -0.2) is 31.4 Å². The fourth-order valence-electron chi connectivity index (χ4n) is 0.809. The number of rotatable bonds is 11. The predicted molar refractivity (Wildman–Crippen MR) is 89.6 cm³/mol. The van der Waals surface area contributed by atoms with Gasteiger partial charge in [-0.2, -0.15) is 0 Å². The first-order valence-electron chi connectivity index (χ1n) is 5.24. The first-order chi connectivity index (χ1) is 8.70. The molecule has 0 fully saturated rings. The fraction of sp³-hybridized carbons (Fsp3) is 0.333. The maximum Gasteiger partial charge on any atom is 0.0491 e. The summed E-state index contributed by atoms with van der Waals surface area (Å²) in [5, 5.41) is 3.53. The van der Waals surface area contributed by atoms with Crippen molar-refractivity contribution in [1.29, 1.82) is 0 Å². The highest BCUT2D eigenvalue weighted by Gasteiger charge is 1.93. The van der Waals surface area contributed by atoms with E-state index in [9.17, 15) is 8.42 Å². The van der Waals surface area contributed by atoms with Crippen LogP contribution in [-0.2, 0) is 21.6 Å². The Kier molecular flexibility index (Phi) is 13.4. The van der Waals surface area contributed by atoms with Crippen molar-refractivity contribution in [1.82, 2.24) is 0 Å². The lowest BCUT2D eigenvalue weighted by Crippen LogP contribution is -1.98. The second-order valence-corrected chi connectivity index (χ2v) is 8.25. The van der Waals surface area contributed by atoms with Gasteiger partial charge in [0.2, 0.25) is 0 Å². The molecule has 0 aliphatic carbocycles. The molecule has 0 spiro atoms. The minimum Gasteiger partial charge on any atom is -0.259 e. The van der Waals surface area contributed by atoms with Crippen molar-refractivity contribution in [3.05, 3.63) is 48.3 Å². The molecular weight excluding hydrogens is 304 g/mol. The monoisotopic (exact) mass is 322 g/mol. The van der Waals surface area contributed by atoms with Crippen LogP contribution in [0.2, 0.25) is 0 Å². The van der Waals surface area contributed by atoms with E-state index in [0.717, 1.165) is 5.75 Å². The highest BCUT2D eigenvalue weighted by molar-refractivity contribution is 8.77.